The van der Waals surface area contributed by atoms with Gasteiger partial charge in [-0.3, -0.25) is 9.59 Å². The van der Waals surface area contributed by atoms with Crippen LogP contribution in [0.2, 0.25) is 0 Å². The van der Waals surface area contributed by atoms with Crippen LogP contribution in [0.3, 0.4) is 0 Å². The monoisotopic (exact) mass is 410 g/mol. The third-order valence-electron chi connectivity index (χ3n) is 8.13. The number of rotatable bonds is 2. The first-order valence-corrected chi connectivity index (χ1v) is 12.0. The van der Waals surface area contributed by atoms with E-state index < -0.39 is 32.6 Å². The number of aliphatic hydroxyl groups is 1. The number of carbonyl (C=O) groups is 2. The molecule has 3 nitrogen and oxygen atoms in total. The van der Waals surface area contributed by atoms with Crippen molar-refractivity contribution in [1.82, 2.24) is 0 Å². The van der Waals surface area contributed by atoms with Crippen LogP contribution in [-0.2, 0) is 9.59 Å². The van der Waals surface area contributed by atoms with Crippen molar-refractivity contribution in [3.8, 4) is 0 Å². The zero-order chi connectivity index (χ0) is 19.8. The number of ketones is 2. The third kappa shape index (κ3) is 2.10. The largest absolute Gasteiger partial charge is 0.390 e. The summed E-state index contributed by atoms with van der Waals surface area (Å²) in [6, 6.07) is 0. The molecule has 0 bridgehead atoms. The van der Waals surface area contributed by atoms with Crippen molar-refractivity contribution in [2.45, 2.75) is 55.4 Å². The molecule has 1 N–H and O–H groups in total. The summed E-state index contributed by atoms with van der Waals surface area (Å²) < 4.78 is 16.2. The second-order valence-corrected chi connectivity index (χ2v) is 11.2. The first kappa shape index (κ1) is 19.7. The van der Waals surface area contributed by atoms with Gasteiger partial charge in [-0.25, -0.2) is 4.39 Å². The zero-order valence-corrected chi connectivity index (χ0v) is 17.9. The van der Waals surface area contributed by atoms with Gasteiger partial charge in [0.25, 0.3) is 0 Å². The minimum absolute atomic E-state index is 0.0947. The fourth-order valence-corrected chi connectivity index (χ4v) is 9.44. The minimum Gasteiger partial charge on any atom is -0.390 e. The van der Waals surface area contributed by atoms with Crippen LogP contribution in [0.5, 0.6) is 0 Å². The number of halogens is 1. The van der Waals surface area contributed by atoms with Crippen LogP contribution in [-0.4, -0.2) is 45.0 Å². The van der Waals surface area contributed by atoms with E-state index in [4.69, 9.17) is 0 Å². The topological polar surface area (TPSA) is 54.4 Å². The number of thioether (sulfide) groups is 2. The Morgan fingerprint density at radius 1 is 1.19 bits per heavy atom. The Balaban J connectivity index is 1.85. The highest BCUT2D eigenvalue weighted by molar-refractivity contribution is 8.18. The van der Waals surface area contributed by atoms with Gasteiger partial charge in [0.05, 0.1) is 6.10 Å². The maximum atomic E-state index is 16.9. The van der Waals surface area contributed by atoms with E-state index in [-0.39, 0.29) is 23.9 Å². The van der Waals surface area contributed by atoms with Gasteiger partial charge in [0.1, 0.15) is 4.08 Å². The molecule has 0 heterocycles. The Morgan fingerprint density at radius 2 is 1.85 bits per heavy atom. The molecule has 0 aromatic carbocycles. The third-order valence-corrected chi connectivity index (χ3v) is 11.7. The summed E-state index contributed by atoms with van der Waals surface area (Å²) in [6.45, 7) is 3.89. The maximum absolute atomic E-state index is 16.9. The number of hydrogen-bond donors (Lipinski definition) is 1. The molecule has 6 heteroatoms. The average Bonchev–Trinajstić information content (AvgIpc) is 2.84. The van der Waals surface area contributed by atoms with E-state index in [1.165, 1.54) is 6.08 Å². The zero-order valence-electron chi connectivity index (χ0n) is 16.3. The molecule has 0 saturated heterocycles. The molecule has 4 aliphatic rings. The first-order chi connectivity index (χ1) is 12.6. The standard InChI is InChI=1S/C21H27FO3S2/c1-18-8-7-13(23)9-12(18)5-6-14-15-10-16(24)21(26-3,27-4)19(15,2)11-17(25)20(14,18)22/h7-9,14-15,17,25H,5-6,10-11H2,1-4H3/t14-,15-,17-,18-,19-,20?/m0/s1. The molecular weight excluding hydrogens is 383 g/mol. The Labute approximate surface area is 168 Å². The number of Topliss-reactive ketones (excluding diaryl/α,β-unsaturated/α-hetero) is 1. The summed E-state index contributed by atoms with van der Waals surface area (Å²) in [5.41, 5.74) is -2.51. The molecule has 0 aromatic rings. The molecule has 0 aliphatic heterocycles. The van der Waals surface area contributed by atoms with E-state index in [1.807, 2.05) is 19.4 Å². The number of alkyl halides is 1. The smallest absolute Gasteiger partial charge is 0.178 e. The van der Waals surface area contributed by atoms with Crippen molar-refractivity contribution in [2.24, 2.45) is 22.7 Å². The lowest BCUT2D eigenvalue weighted by Crippen LogP contribution is -2.67. The van der Waals surface area contributed by atoms with Crippen molar-refractivity contribution in [1.29, 1.82) is 0 Å². The molecule has 0 amide bonds. The van der Waals surface area contributed by atoms with Crippen molar-refractivity contribution in [2.75, 3.05) is 12.5 Å². The van der Waals surface area contributed by atoms with E-state index in [1.54, 1.807) is 35.7 Å². The molecule has 27 heavy (non-hydrogen) atoms. The van der Waals surface area contributed by atoms with Gasteiger partial charge in [-0.2, -0.15) is 0 Å². The summed E-state index contributed by atoms with van der Waals surface area (Å²) in [7, 11) is 0. The Kier molecular flexibility index (Phi) is 4.35. The highest BCUT2D eigenvalue weighted by Gasteiger charge is 2.75. The molecule has 4 aliphatic carbocycles. The Hall–Kier alpha value is -0.590. The van der Waals surface area contributed by atoms with Crippen LogP contribution in [0.1, 0.15) is 39.5 Å². The van der Waals surface area contributed by atoms with Crippen molar-refractivity contribution in [3.63, 3.8) is 0 Å². The fraction of sp³-hybridized carbons (Fsp3) is 0.714. The second-order valence-electron chi connectivity index (χ2n) is 8.92. The first-order valence-electron chi connectivity index (χ1n) is 9.55. The van der Waals surface area contributed by atoms with E-state index in [0.717, 1.165) is 5.57 Å². The Bertz CT molecular complexity index is 773. The number of allylic oxidation sites excluding steroid dienone is 4. The SMILES string of the molecule is CSC1(SC)C(=O)C[C@H]2[C@@H]3CCC4=CC(=O)C=C[C@]4(C)C3(F)[C@@H](O)C[C@@]21C. The predicted molar refractivity (Wildman–Crippen MR) is 109 cm³/mol. The van der Waals surface area contributed by atoms with Crippen LogP contribution in [0, 0.1) is 22.7 Å². The second kappa shape index (κ2) is 5.96. The fourth-order valence-electron chi connectivity index (χ4n) is 6.75. The average molecular weight is 411 g/mol. The Morgan fingerprint density at radius 3 is 2.48 bits per heavy atom. The molecule has 6 atom stereocenters. The van der Waals surface area contributed by atoms with Crippen LogP contribution >= 0.6 is 23.5 Å². The van der Waals surface area contributed by atoms with Crippen LogP contribution < -0.4 is 0 Å². The summed E-state index contributed by atoms with van der Waals surface area (Å²) in [5.74, 6) is -0.425. The molecule has 148 valence electrons. The minimum atomic E-state index is -1.86. The van der Waals surface area contributed by atoms with Gasteiger partial charge in [-0.05, 0) is 56.8 Å². The molecule has 4 rings (SSSR count). The summed E-state index contributed by atoms with van der Waals surface area (Å²) in [6.07, 6.45) is 9.23. The molecular formula is C21H27FO3S2. The van der Waals surface area contributed by atoms with Crippen molar-refractivity contribution >= 4 is 35.1 Å². The summed E-state index contributed by atoms with van der Waals surface area (Å²) in [4.78, 5) is 25.0. The molecule has 3 saturated carbocycles. The molecule has 3 fully saturated rings. The molecule has 0 spiro atoms. The van der Waals surface area contributed by atoms with E-state index in [9.17, 15) is 14.7 Å². The van der Waals surface area contributed by atoms with Crippen LogP contribution in [0.15, 0.2) is 23.8 Å². The van der Waals surface area contributed by atoms with Crippen molar-refractivity contribution in [3.05, 3.63) is 23.8 Å². The lowest BCUT2D eigenvalue weighted by atomic mass is 9.46. The van der Waals surface area contributed by atoms with Crippen molar-refractivity contribution < 1.29 is 19.1 Å². The van der Waals surface area contributed by atoms with E-state index >= 15 is 4.39 Å². The van der Waals surface area contributed by atoms with Gasteiger partial charge in [-0.1, -0.05) is 18.6 Å². The highest BCUT2D eigenvalue weighted by atomic mass is 32.2. The molecule has 0 aromatic heterocycles. The number of aliphatic hydroxyl groups excluding tert-OH is 1. The molecule has 1 unspecified atom stereocenters. The van der Waals surface area contributed by atoms with E-state index in [2.05, 4.69) is 6.92 Å². The van der Waals surface area contributed by atoms with Gasteiger partial charge in [0.2, 0.25) is 0 Å². The van der Waals surface area contributed by atoms with Crippen LogP contribution in [0.4, 0.5) is 4.39 Å². The quantitative estimate of drug-likeness (QED) is 0.699. The van der Waals surface area contributed by atoms with Gasteiger partial charge in [0, 0.05) is 23.2 Å². The van der Waals surface area contributed by atoms with E-state index in [0.29, 0.717) is 19.3 Å². The highest BCUT2D eigenvalue weighted by Crippen LogP contribution is 2.72. The number of carbonyl (C=O) groups excluding carboxylic acids is 2. The number of hydrogen-bond acceptors (Lipinski definition) is 5. The number of fused-ring (bicyclic) bond motifs is 5. The summed E-state index contributed by atoms with van der Waals surface area (Å²) in [5, 5.41) is 11.2. The lowest BCUT2D eigenvalue weighted by molar-refractivity contribution is -0.189. The van der Waals surface area contributed by atoms with Crippen LogP contribution in [0.25, 0.3) is 0 Å². The normalized spacial score (nSPS) is 47.9. The van der Waals surface area contributed by atoms with Gasteiger partial charge in [0.15, 0.2) is 17.2 Å². The molecule has 0 radical (unpaired) electrons. The lowest BCUT2D eigenvalue weighted by Gasteiger charge is -2.62. The van der Waals surface area contributed by atoms with Gasteiger partial charge >= 0.3 is 0 Å². The maximum Gasteiger partial charge on any atom is 0.178 e. The van der Waals surface area contributed by atoms with Gasteiger partial charge in [-0.15, -0.1) is 23.5 Å². The predicted octanol–water partition coefficient (Wildman–Crippen LogP) is 3.96. The van der Waals surface area contributed by atoms with Gasteiger partial charge < -0.3 is 5.11 Å². The summed E-state index contributed by atoms with van der Waals surface area (Å²) >= 11 is 3.09.